The molecule has 0 aliphatic heterocycles. The van der Waals surface area contributed by atoms with Crippen molar-refractivity contribution in [2.24, 2.45) is 5.73 Å². The molecule has 0 saturated carbocycles. The molecule has 4 nitrogen and oxygen atoms in total. The molecule has 0 fully saturated rings. The number of carbonyl (C=O) groups excluding carboxylic acids is 1. The van der Waals surface area contributed by atoms with Crippen molar-refractivity contribution >= 4 is 11.6 Å². The van der Waals surface area contributed by atoms with E-state index >= 15 is 0 Å². The van der Waals surface area contributed by atoms with Gasteiger partial charge in [0, 0.05) is 18.7 Å². The average molecular weight is 286 g/mol. The molecule has 112 valence electrons. The third-order valence-corrected chi connectivity index (χ3v) is 3.37. The minimum atomic E-state index is -0.117. The molecule has 0 radical (unpaired) electrons. The van der Waals surface area contributed by atoms with Crippen molar-refractivity contribution in [1.82, 2.24) is 0 Å². The Morgan fingerprint density at radius 3 is 2.71 bits per heavy atom. The molecule has 2 rings (SSSR count). The van der Waals surface area contributed by atoms with E-state index in [0.29, 0.717) is 18.8 Å². The van der Waals surface area contributed by atoms with Gasteiger partial charge in [-0.1, -0.05) is 19.1 Å². The predicted molar refractivity (Wildman–Crippen MR) is 84.6 cm³/mol. The van der Waals surface area contributed by atoms with Crippen LogP contribution >= 0.6 is 0 Å². The molecule has 4 heteroatoms. The highest BCUT2D eigenvalue weighted by Crippen LogP contribution is 2.20. The van der Waals surface area contributed by atoms with Crippen LogP contribution in [0.25, 0.3) is 0 Å². The lowest BCUT2D eigenvalue weighted by molar-refractivity contribution is 0.0958. The highest BCUT2D eigenvalue weighted by molar-refractivity contribution is 6.04. The molecule has 2 aromatic rings. The number of anilines is 1. The minimum Gasteiger partial charge on any atom is -0.456 e. The first-order valence-electron chi connectivity index (χ1n) is 7.33. The normalized spacial score (nSPS) is 10.6. The SMILES string of the molecule is CCc1ccc(C(=O)N(CCCN)c2cccc(C)c2)o1. The third kappa shape index (κ3) is 3.73. The summed E-state index contributed by atoms with van der Waals surface area (Å²) in [6.45, 7) is 5.14. The number of hydrogen-bond acceptors (Lipinski definition) is 3. The topological polar surface area (TPSA) is 59.5 Å². The van der Waals surface area contributed by atoms with Crippen LogP contribution in [0.4, 0.5) is 5.69 Å². The van der Waals surface area contributed by atoms with E-state index in [1.807, 2.05) is 44.2 Å². The number of amides is 1. The summed E-state index contributed by atoms with van der Waals surface area (Å²) in [6.07, 6.45) is 1.53. The number of nitrogens with zero attached hydrogens (tertiary/aromatic N) is 1. The molecule has 1 aromatic heterocycles. The highest BCUT2D eigenvalue weighted by atomic mass is 16.4. The maximum absolute atomic E-state index is 12.7. The first-order valence-corrected chi connectivity index (χ1v) is 7.33. The minimum absolute atomic E-state index is 0.117. The summed E-state index contributed by atoms with van der Waals surface area (Å²) < 4.78 is 5.58. The second-order valence-corrected chi connectivity index (χ2v) is 5.06. The van der Waals surface area contributed by atoms with Gasteiger partial charge in [-0.3, -0.25) is 4.79 Å². The van der Waals surface area contributed by atoms with E-state index in [0.717, 1.165) is 29.9 Å². The van der Waals surface area contributed by atoms with Crippen LogP contribution in [0.15, 0.2) is 40.8 Å². The number of hydrogen-bond donors (Lipinski definition) is 1. The molecule has 2 N–H and O–H groups in total. The van der Waals surface area contributed by atoms with E-state index < -0.39 is 0 Å². The molecule has 0 atom stereocenters. The van der Waals surface area contributed by atoms with Crippen LogP contribution in [0.1, 0.15) is 35.2 Å². The largest absolute Gasteiger partial charge is 0.456 e. The summed E-state index contributed by atoms with van der Waals surface area (Å²) in [7, 11) is 0. The van der Waals surface area contributed by atoms with E-state index in [-0.39, 0.29) is 5.91 Å². The van der Waals surface area contributed by atoms with Crippen molar-refractivity contribution in [3.05, 3.63) is 53.5 Å². The van der Waals surface area contributed by atoms with E-state index in [1.54, 1.807) is 11.0 Å². The zero-order valence-corrected chi connectivity index (χ0v) is 12.6. The van der Waals surface area contributed by atoms with E-state index in [2.05, 4.69) is 0 Å². The van der Waals surface area contributed by atoms with Gasteiger partial charge in [0.15, 0.2) is 5.76 Å². The number of aryl methyl sites for hydroxylation is 2. The first-order chi connectivity index (χ1) is 10.2. The molecule has 1 heterocycles. The Hall–Kier alpha value is -2.07. The van der Waals surface area contributed by atoms with E-state index in [4.69, 9.17) is 10.2 Å². The first kappa shape index (κ1) is 15.3. The molecule has 0 aliphatic rings. The van der Waals surface area contributed by atoms with Crippen LogP contribution in [-0.2, 0) is 6.42 Å². The fraction of sp³-hybridized carbons (Fsp3) is 0.353. The molecular formula is C17H22N2O2. The van der Waals surface area contributed by atoms with Gasteiger partial charge in [-0.05, 0) is 49.7 Å². The molecule has 0 spiro atoms. The number of carbonyl (C=O) groups is 1. The van der Waals surface area contributed by atoms with Crippen LogP contribution < -0.4 is 10.6 Å². The van der Waals surface area contributed by atoms with Crippen molar-refractivity contribution in [2.75, 3.05) is 18.0 Å². The Kier molecular flexibility index (Phi) is 5.17. The van der Waals surface area contributed by atoms with Gasteiger partial charge in [0.25, 0.3) is 5.91 Å². The van der Waals surface area contributed by atoms with Crippen molar-refractivity contribution < 1.29 is 9.21 Å². The van der Waals surface area contributed by atoms with Gasteiger partial charge < -0.3 is 15.1 Å². The Labute approximate surface area is 125 Å². The van der Waals surface area contributed by atoms with Crippen molar-refractivity contribution in [1.29, 1.82) is 0 Å². The van der Waals surface area contributed by atoms with Gasteiger partial charge >= 0.3 is 0 Å². The van der Waals surface area contributed by atoms with Gasteiger partial charge in [-0.15, -0.1) is 0 Å². The lowest BCUT2D eigenvalue weighted by Crippen LogP contribution is -2.32. The van der Waals surface area contributed by atoms with Crippen molar-refractivity contribution in [2.45, 2.75) is 26.7 Å². The van der Waals surface area contributed by atoms with Crippen LogP contribution in [0.2, 0.25) is 0 Å². The van der Waals surface area contributed by atoms with E-state index in [1.165, 1.54) is 0 Å². The maximum Gasteiger partial charge on any atom is 0.293 e. The standard InChI is InChI=1S/C17H22N2O2/c1-3-15-8-9-16(21-15)17(20)19(11-5-10-18)14-7-4-6-13(2)12-14/h4,6-9,12H,3,5,10-11,18H2,1-2H3. The van der Waals surface area contributed by atoms with Crippen molar-refractivity contribution in [3.63, 3.8) is 0 Å². The number of furan rings is 1. The molecule has 1 aromatic carbocycles. The molecule has 0 unspecified atom stereocenters. The molecule has 1 amide bonds. The van der Waals surface area contributed by atoms with Crippen molar-refractivity contribution in [3.8, 4) is 0 Å². The summed E-state index contributed by atoms with van der Waals surface area (Å²) >= 11 is 0. The third-order valence-electron chi connectivity index (χ3n) is 3.37. The Bertz CT molecular complexity index is 604. The second kappa shape index (κ2) is 7.09. The molecular weight excluding hydrogens is 264 g/mol. The van der Waals surface area contributed by atoms with Gasteiger partial charge in [0.05, 0.1) is 0 Å². The summed E-state index contributed by atoms with van der Waals surface area (Å²) in [4.78, 5) is 14.4. The number of rotatable bonds is 6. The summed E-state index contributed by atoms with van der Waals surface area (Å²) in [6, 6.07) is 11.5. The Morgan fingerprint density at radius 1 is 1.29 bits per heavy atom. The van der Waals surface area contributed by atoms with Gasteiger partial charge in [0.2, 0.25) is 0 Å². The quantitative estimate of drug-likeness (QED) is 0.887. The molecule has 21 heavy (non-hydrogen) atoms. The van der Waals surface area contributed by atoms with Crippen LogP contribution in [-0.4, -0.2) is 19.0 Å². The van der Waals surface area contributed by atoms with Gasteiger partial charge in [0.1, 0.15) is 5.76 Å². The average Bonchev–Trinajstić information content (AvgIpc) is 2.96. The fourth-order valence-corrected chi connectivity index (χ4v) is 2.21. The highest BCUT2D eigenvalue weighted by Gasteiger charge is 2.20. The lowest BCUT2D eigenvalue weighted by Gasteiger charge is -2.22. The molecule has 0 saturated heterocycles. The Balaban J connectivity index is 2.28. The Morgan fingerprint density at radius 2 is 2.10 bits per heavy atom. The van der Waals surface area contributed by atoms with Crippen LogP contribution in [0.3, 0.4) is 0 Å². The van der Waals surface area contributed by atoms with Gasteiger partial charge in [-0.2, -0.15) is 0 Å². The summed E-state index contributed by atoms with van der Waals surface area (Å²) in [5.41, 5.74) is 7.58. The smallest absolute Gasteiger partial charge is 0.293 e. The predicted octanol–water partition coefficient (Wildman–Crippen LogP) is 3.15. The zero-order valence-electron chi connectivity index (χ0n) is 12.6. The second-order valence-electron chi connectivity index (χ2n) is 5.06. The lowest BCUT2D eigenvalue weighted by atomic mass is 10.2. The summed E-state index contributed by atoms with van der Waals surface area (Å²) in [5, 5.41) is 0. The monoisotopic (exact) mass is 286 g/mol. The fourth-order valence-electron chi connectivity index (χ4n) is 2.21. The number of nitrogens with two attached hydrogens (primary N) is 1. The van der Waals surface area contributed by atoms with E-state index in [9.17, 15) is 4.79 Å². The van der Waals surface area contributed by atoms with Gasteiger partial charge in [-0.25, -0.2) is 0 Å². The molecule has 0 aliphatic carbocycles. The van der Waals surface area contributed by atoms with Crippen LogP contribution in [0.5, 0.6) is 0 Å². The number of benzene rings is 1. The zero-order chi connectivity index (χ0) is 15.2. The molecule has 0 bridgehead atoms. The summed E-state index contributed by atoms with van der Waals surface area (Å²) in [5.74, 6) is 1.08. The van der Waals surface area contributed by atoms with Crippen LogP contribution in [0, 0.1) is 6.92 Å². The maximum atomic E-state index is 12.7.